The third-order valence-electron chi connectivity index (χ3n) is 6.10. The summed E-state index contributed by atoms with van der Waals surface area (Å²) in [6.07, 6.45) is 3.54. The highest BCUT2D eigenvalue weighted by atomic mass is 32.2. The Hall–Kier alpha value is -2.16. The Morgan fingerprint density at radius 3 is 2.55 bits per heavy atom. The van der Waals surface area contributed by atoms with Crippen molar-refractivity contribution >= 4 is 15.7 Å². The van der Waals surface area contributed by atoms with Crippen LogP contribution in [-0.2, 0) is 9.84 Å². The van der Waals surface area contributed by atoms with Gasteiger partial charge >= 0.3 is 0 Å². The summed E-state index contributed by atoms with van der Waals surface area (Å²) in [5, 5.41) is 13.4. The zero-order valence-electron chi connectivity index (χ0n) is 16.1. The van der Waals surface area contributed by atoms with Crippen LogP contribution in [0.3, 0.4) is 0 Å². The van der Waals surface area contributed by atoms with Crippen molar-refractivity contribution in [3.63, 3.8) is 0 Å². The third-order valence-corrected chi connectivity index (χ3v) is 7.81. The van der Waals surface area contributed by atoms with Crippen molar-refractivity contribution in [2.24, 2.45) is 11.8 Å². The molecule has 0 bridgehead atoms. The number of rotatable bonds is 6. The zero-order chi connectivity index (χ0) is 20.4. The number of aliphatic hydroxyl groups excluding tert-OH is 1. The highest BCUT2D eigenvalue weighted by molar-refractivity contribution is 7.91. The minimum Gasteiger partial charge on any atom is -0.472 e. The number of sulfone groups is 1. The maximum atomic E-state index is 12.5. The number of amides is 1. The summed E-state index contributed by atoms with van der Waals surface area (Å²) in [5.74, 6) is 0.503. The van der Waals surface area contributed by atoms with E-state index in [-0.39, 0.29) is 17.7 Å². The second-order valence-electron chi connectivity index (χ2n) is 8.04. The molecule has 0 unspecified atom stereocenters. The molecule has 7 nitrogen and oxygen atoms in total. The topological polar surface area (TPSA) is 99.9 Å². The Balaban J connectivity index is 1.32. The van der Waals surface area contributed by atoms with Crippen molar-refractivity contribution in [1.82, 2.24) is 10.2 Å². The molecule has 29 heavy (non-hydrogen) atoms. The van der Waals surface area contributed by atoms with Crippen molar-refractivity contribution in [3.8, 4) is 0 Å². The molecular formula is C21H26N2O5S. The molecule has 1 aliphatic heterocycles. The van der Waals surface area contributed by atoms with Crippen molar-refractivity contribution in [3.05, 3.63) is 54.5 Å². The summed E-state index contributed by atoms with van der Waals surface area (Å²) in [7, 11) is -3.30. The van der Waals surface area contributed by atoms with Gasteiger partial charge in [0.05, 0.1) is 34.6 Å². The van der Waals surface area contributed by atoms with Crippen molar-refractivity contribution in [2.45, 2.75) is 29.9 Å². The van der Waals surface area contributed by atoms with Crippen LogP contribution in [0.5, 0.6) is 0 Å². The lowest BCUT2D eigenvalue weighted by atomic mass is 9.77. The largest absolute Gasteiger partial charge is 0.472 e. The van der Waals surface area contributed by atoms with Crippen LogP contribution < -0.4 is 5.32 Å². The monoisotopic (exact) mass is 418 g/mol. The number of hydrogen-bond acceptors (Lipinski definition) is 6. The average molecular weight is 419 g/mol. The summed E-state index contributed by atoms with van der Waals surface area (Å²) in [4.78, 5) is 14.8. The van der Waals surface area contributed by atoms with E-state index in [9.17, 15) is 18.3 Å². The van der Waals surface area contributed by atoms with Crippen molar-refractivity contribution < 1.29 is 22.7 Å². The molecule has 1 saturated heterocycles. The molecule has 1 aromatic heterocycles. The van der Waals surface area contributed by atoms with Gasteiger partial charge in [-0.25, -0.2) is 8.42 Å². The second-order valence-corrected chi connectivity index (χ2v) is 10.2. The van der Waals surface area contributed by atoms with E-state index in [1.165, 1.54) is 12.5 Å². The van der Waals surface area contributed by atoms with Crippen LogP contribution in [0.2, 0.25) is 0 Å². The first kappa shape index (κ1) is 20.1. The molecule has 2 aromatic rings. The Labute approximate surface area is 170 Å². The number of hydrogen-bond donors (Lipinski definition) is 2. The van der Waals surface area contributed by atoms with Gasteiger partial charge in [0, 0.05) is 19.6 Å². The fraction of sp³-hybridized carbons (Fsp3) is 0.476. The molecule has 8 heteroatoms. The summed E-state index contributed by atoms with van der Waals surface area (Å²) in [6, 6.07) is 9.82. The Bertz CT molecular complexity index is 929. The molecule has 156 valence electrons. The van der Waals surface area contributed by atoms with Gasteiger partial charge in [0.1, 0.15) is 6.26 Å². The predicted octanol–water partition coefficient (Wildman–Crippen LogP) is 1.55. The highest BCUT2D eigenvalue weighted by Gasteiger charge is 2.42. The maximum absolute atomic E-state index is 12.5. The van der Waals surface area contributed by atoms with E-state index in [1.807, 2.05) is 0 Å². The molecule has 1 amide bonds. The van der Waals surface area contributed by atoms with E-state index in [4.69, 9.17) is 4.42 Å². The molecule has 2 aliphatic rings. The SMILES string of the molecule is O=C(N[C@H]1C[C@H]2CN(CCS(=O)(=O)c3ccccc3)C[C@H]2C[C@@H]1O)c1ccoc1. The minimum atomic E-state index is -3.30. The number of aliphatic hydroxyl groups is 1. The summed E-state index contributed by atoms with van der Waals surface area (Å²) in [6.45, 7) is 2.06. The summed E-state index contributed by atoms with van der Waals surface area (Å²) < 4.78 is 30.0. The van der Waals surface area contributed by atoms with Crippen LogP contribution in [0.25, 0.3) is 0 Å². The number of nitrogens with zero attached hydrogens (tertiary/aromatic N) is 1. The van der Waals surface area contributed by atoms with Gasteiger partial charge in [-0.1, -0.05) is 18.2 Å². The summed E-state index contributed by atoms with van der Waals surface area (Å²) >= 11 is 0. The van der Waals surface area contributed by atoms with Gasteiger partial charge < -0.3 is 19.7 Å². The number of likely N-dealkylation sites (tertiary alicyclic amines) is 1. The van der Waals surface area contributed by atoms with E-state index in [2.05, 4.69) is 10.2 Å². The molecule has 1 saturated carbocycles. The molecule has 2 fully saturated rings. The molecule has 4 atom stereocenters. The van der Waals surface area contributed by atoms with Gasteiger partial charge in [-0.15, -0.1) is 0 Å². The normalized spacial score (nSPS) is 27.5. The third kappa shape index (κ3) is 4.55. The fourth-order valence-electron chi connectivity index (χ4n) is 4.51. The van der Waals surface area contributed by atoms with Gasteiger partial charge in [-0.05, 0) is 42.9 Å². The molecule has 0 spiro atoms. The van der Waals surface area contributed by atoms with Gasteiger partial charge in [0.2, 0.25) is 0 Å². The number of carbonyl (C=O) groups excluding carboxylic acids is 1. The molecule has 4 rings (SSSR count). The van der Waals surface area contributed by atoms with Gasteiger partial charge in [0.15, 0.2) is 9.84 Å². The van der Waals surface area contributed by atoms with E-state index >= 15 is 0 Å². The van der Waals surface area contributed by atoms with Crippen molar-refractivity contribution in [2.75, 3.05) is 25.4 Å². The van der Waals surface area contributed by atoms with Crippen LogP contribution in [0, 0.1) is 11.8 Å². The molecular weight excluding hydrogens is 392 g/mol. The van der Waals surface area contributed by atoms with Crippen LogP contribution >= 0.6 is 0 Å². The maximum Gasteiger partial charge on any atom is 0.254 e. The highest BCUT2D eigenvalue weighted by Crippen LogP contribution is 2.36. The fourth-order valence-corrected chi connectivity index (χ4v) is 5.81. The van der Waals surface area contributed by atoms with Gasteiger partial charge in [0.25, 0.3) is 5.91 Å². The first-order chi connectivity index (χ1) is 13.9. The van der Waals surface area contributed by atoms with Crippen molar-refractivity contribution in [1.29, 1.82) is 0 Å². The smallest absolute Gasteiger partial charge is 0.254 e. The molecule has 2 N–H and O–H groups in total. The molecule has 1 aliphatic carbocycles. The zero-order valence-corrected chi connectivity index (χ0v) is 16.9. The number of nitrogens with one attached hydrogen (secondary N) is 1. The Morgan fingerprint density at radius 1 is 1.14 bits per heavy atom. The average Bonchev–Trinajstić information content (AvgIpc) is 3.37. The Morgan fingerprint density at radius 2 is 1.86 bits per heavy atom. The van der Waals surface area contributed by atoms with E-state index in [0.717, 1.165) is 13.1 Å². The summed E-state index contributed by atoms with van der Waals surface area (Å²) in [5.41, 5.74) is 0.443. The van der Waals surface area contributed by atoms with E-state index in [1.54, 1.807) is 36.4 Å². The van der Waals surface area contributed by atoms with Gasteiger partial charge in [-0.2, -0.15) is 0 Å². The lowest BCUT2D eigenvalue weighted by molar-refractivity contribution is 0.0461. The Kier molecular flexibility index (Phi) is 5.76. The van der Waals surface area contributed by atoms with Crippen LogP contribution in [-0.4, -0.2) is 61.9 Å². The number of benzene rings is 1. The van der Waals surface area contributed by atoms with Crippen LogP contribution in [0.4, 0.5) is 0 Å². The minimum absolute atomic E-state index is 0.0830. The number of carbonyl (C=O) groups is 1. The first-order valence-corrected chi connectivity index (χ1v) is 11.6. The first-order valence-electron chi connectivity index (χ1n) is 9.93. The quantitative estimate of drug-likeness (QED) is 0.739. The van der Waals surface area contributed by atoms with Crippen LogP contribution in [0.15, 0.2) is 58.2 Å². The van der Waals surface area contributed by atoms with E-state index < -0.39 is 15.9 Å². The predicted molar refractivity (Wildman–Crippen MR) is 107 cm³/mol. The lowest BCUT2D eigenvalue weighted by Crippen LogP contribution is -2.49. The number of fused-ring (bicyclic) bond motifs is 1. The second kappa shape index (κ2) is 8.30. The van der Waals surface area contributed by atoms with Gasteiger partial charge in [-0.3, -0.25) is 4.79 Å². The standard InChI is InChI=1S/C21H26N2O5S/c24-20-11-17-13-23(7-9-29(26,27)18-4-2-1-3-5-18)12-16(17)10-19(20)22-21(25)15-6-8-28-14-15/h1-6,8,14,16-17,19-20,24H,7,9-13H2,(H,22,25)/t16-,17+,19-,20-/m0/s1. The molecule has 1 aromatic carbocycles. The molecule has 2 heterocycles. The number of furan rings is 1. The van der Waals surface area contributed by atoms with Crippen LogP contribution in [0.1, 0.15) is 23.2 Å². The molecule has 0 radical (unpaired) electrons. The lowest BCUT2D eigenvalue weighted by Gasteiger charge is -2.35. The van der Waals surface area contributed by atoms with E-state index in [0.29, 0.717) is 41.7 Å².